The minimum Gasteiger partial charge on any atom is -0.325 e. The number of hydrogen-bond acceptors (Lipinski definition) is 4. The molecule has 2 aliphatic rings. The second kappa shape index (κ2) is 6.85. The van der Waals surface area contributed by atoms with Crippen LogP contribution in [0.2, 0.25) is 0 Å². The maximum Gasteiger partial charge on any atom is 0.418 e. The van der Waals surface area contributed by atoms with E-state index in [0.29, 0.717) is 17.1 Å². The molecule has 2 fully saturated rings. The molecule has 0 spiro atoms. The third-order valence-electron chi connectivity index (χ3n) is 4.69. The number of amides is 1. The Morgan fingerprint density at radius 2 is 1.93 bits per heavy atom. The summed E-state index contributed by atoms with van der Waals surface area (Å²) in [7, 11) is 0. The lowest BCUT2D eigenvalue weighted by Gasteiger charge is -2.16. The number of hydrogen-bond donors (Lipinski definition) is 1. The number of para-hydroxylation sites is 1. The molecule has 1 N–H and O–H groups in total. The highest BCUT2D eigenvalue weighted by Gasteiger charge is 2.37. The molecule has 4 rings (SSSR count). The summed E-state index contributed by atoms with van der Waals surface area (Å²) >= 11 is 1.24. The van der Waals surface area contributed by atoms with Gasteiger partial charge in [0.2, 0.25) is 5.91 Å². The van der Waals surface area contributed by atoms with Crippen LogP contribution in [-0.4, -0.2) is 25.9 Å². The summed E-state index contributed by atoms with van der Waals surface area (Å²) < 4.78 is 41.4. The molecule has 9 heteroatoms. The molecule has 5 nitrogen and oxygen atoms in total. The summed E-state index contributed by atoms with van der Waals surface area (Å²) in [5.41, 5.74) is -1.09. The molecule has 27 heavy (non-hydrogen) atoms. The molecule has 1 aromatic carbocycles. The molecule has 0 unspecified atom stereocenters. The minimum atomic E-state index is -4.52. The predicted molar refractivity (Wildman–Crippen MR) is 95.7 cm³/mol. The van der Waals surface area contributed by atoms with Gasteiger partial charge < -0.3 is 9.88 Å². The van der Waals surface area contributed by atoms with Crippen LogP contribution in [0.15, 0.2) is 29.4 Å². The van der Waals surface area contributed by atoms with Gasteiger partial charge in [-0.25, -0.2) is 0 Å². The van der Waals surface area contributed by atoms with Crippen LogP contribution < -0.4 is 5.32 Å². The first kappa shape index (κ1) is 18.3. The molecule has 2 saturated carbocycles. The average Bonchev–Trinajstić information content (AvgIpc) is 3.53. The third-order valence-corrected chi connectivity index (χ3v) is 5.74. The molecule has 1 amide bonds. The Morgan fingerprint density at radius 3 is 2.56 bits per heavy atom. The second-order valence-electron chi connectivity index (χ2n) is 7.01. The van der Waals surface area contributed by atoms with E-state index >= 15 is 0 Å². The van der Waals surface area contributed by atoms with Gasteiger partial charge in [-0.2, -0.15) is 13.2 Å². The van der Waals surface area contributed by atoms with Gasteiger partial charge in [0.25, 0.3) is 0 Å². The van der Waals surface area contributed by atoms with E-state index in [-0.39, 0.29) is 5.69 Å². The van der Waals surface area contributed by atoms with Gasteiger partial charge in [0.1, 0.15) is 5.82 Å². The molecule has 1 aromatic heterocycles. The van der Waals surface area contributed by atoms with Gasteiger partial charge in [-0.1, -0.05) is 23.9 Å². The molecule has 0 aliphatic heterocycles. The molecule has 2 aromatic rings. The maximum absolute atomic E-state index is 13.1. The summed E-state index contributed by atoms with van der Waals surface area (Å²) in [4.78, 5) is 12.5. The Bertz CT molecular complexity index is 859. The summed E-state index contributed by atoms with van der Waals surface area (Å²) in [6.45, 7) is 1.67. The number of nitrogens with one attached hydrogen (secondary N) is 1. The SMILES string of the molecule is C[C@@H](Sc1nnc(C2CC2)n1C1CC1)C(=O)Nc1ccccc1C(F)(F)F. The largest absolute Gasteiger partial charge is 0.418 e. The Labute approximate surface area is 158 Å². The molecule has 0 saturated heterocycles. The molecule has 0 bridgehead atoms. The molecular weight excluding hydrogens is 377 g/mol. The van der Waals surface area contributed by atoms with Crippen LogP contribution >= 0.6 is 11.8 Å². The van der Waals surface area contributed by atoms with Crippen LogP contribution in [-0.2, 0) is 11.0 Å². The van der Waals surface area contributed by atoms with E-state index < -0.39 is 22.9 Å². The van der Waals surface area contributed by atoms with Gasteiger partial charge in [-0.15, -0.1) is 10.2 Å². The van der Waals surface area contributed by atoms with Crippen LogP contribution in [0.5, 0.6) is 0 Å². The van der Waals surface area contributed by atoms with Crippen LogP contribution in [0.4, 0.5) is 18.9 Å². The number of rotatable bonds is 6. The number of halogens is 3. The number of alkyl halides is 3. The first-order valence-electron chi connectivity index (χ1n) is 8.93. The van der Waals surface area contributed by atoms with Crippen molar-refractivity contribution in [2.75, 3.05) is 5.32 Å². The van der Waals surface area contributed by atoms with Crippen molar-refractivity contribution in [3.63, 3.8) is 0 Å². The first-order chi connectivity index (χ1) is 12.8. The summed E-state index contributed by atoms with van der Waals surface area (Å²) in [5, 5.41) is 11.0. The van der Waals surface area contributed by atoms with Crippen LogP contribution in [0, 0.1) is 0 Å². The highest BCUT2D eigenvalue weighted by atomic mass is 32.2. The number of carbonyl (C=O) groups is 1. The molecular formula is C18H19F3N4OS. The fourth-order valence-corrected chi connectivity index (χ4v) is 3.88. The zero-order valence-electron chi connectivity index (χ0n) is 14.7. The average molecular weight is 396 g/mol. The number of nitrogens with zero attached hydrogens (tertiary/aromatic N) is 3. The van der Waals surface area contributed by atoms with Crippen molar-refractivity contribution in [2.24, 2.45) is 0 Å². The van der Waals surface area contributed by atoms with Crippen molar-refractivity contribution in [1.82, 2.24) is 14.8 Å². The third kappa shape index (κ3) is 3.97. The minimum absolute atomic E-state index is 0.232. The predicted octanol–water partition coefficient (Wildman–Crippen LogP) is 4.63. The molecule has 1 atom stereocenters. The summed E-state index contributed by atoms with van der Waals surface area (Å²) in [6.07, 6.45) is -0.152. The number of carbonyl (C=O) groups excluding carboxylic acids is 1. The smallest absolute Gasteiger partial charge is 0.325 e. The Kier molecular flexibility index (Phi) is 4.65. The maximum atomic E-state index is 13.1. The lowest BCUT2D eigenvalue weighted by atomic mass is 10.1. The normalized spacial score (nSPS) is 18.4. The van der Waals surface area contributed by atoms with E-state index in [2.05, 4.69) is 20.1 Å². The van der Waals surface area contributed by atoms with Gasteiger partial charge in [0.15, 0.2) is 5.16 Å². The van der Waals surface area contributed by atoms with Gasteiger partial charge in [0, 0.05) is 12.0 Å². The molecule has 144 valence electrons. The molecule has 2 aliphatic carbocycles. The van der Waals surface area contributed by atoms with E-state index in [4.69, 9.17) is 0 Å². The van der Waals surface area contributed by atoms with E-state index in [1.807, 2.05) is 0 Å². The van der Waals surface area contributed by atoms with Crippen molar-refractivity contribution in [2.45, 2.75) is 61.1 Å². The van der Waals surface area contributed by atoms with Gasteiger partial charge in [0.05, 0.1) is 16.5 Å². The van der Waals surface area contributed by atoms with Crippen LogP contribution in [0.3, 0.4) is 0 Å². The Hall–Kier alpha value is -2.03. The van der Waals surface area contributed by atoms with Crippen LogP contribution in [0.1, 0.15) is 56.0 Å². The van der Waals surface area contributed by atoms with Crippen molar-refractivity contribution in [3.8, 4) is 0 Å². The Balaban J connectivity index is 1.48. The Morgan fingerprint density at radius 1 is 1.22 bits per heavy atom. The molecule has 1 heterocycles. The van der Waals surface area contributed by atoms with E-state index in [1.165, 1.54) is 30.0 Å². The fourth-order valence-electron chi connectivity index (χ4n) is 2.95. The lowest BCUT2D eigenvalue weighted by Crippen LogP contribution is -2.24. The van der Waals surface area contributed by atoms with Gasteiger partial charge >= 0.3 is 6.18 Å². The monoisotopic (exact) mass is 396 g/mol. The van der Waals surface area contributed by atoms with Crippen molar-refractivity contribution < 1.29 is 18.0 Å². The lowest BCUT2D eigenvalue weighted by molar-refractivity contribution is -0.137. The quantitative estimate of drug-likeness (QED) is 0.724. The number of anilines is 1. The topological polar surface area (TPSA) is 59.8 Å². The van der Waals surface area contributed by atoms with Gasteiger partial charge in [-0.05, 0) is 44.7 Å². The number of thioether (sulfide) groups is 1. The van der Waals surface area contributed by atoms with Crippen LogP contribution in [0.25, 0.3) is 0 Å². The number of benzene rings is 1. The zero-order chi connectivity index (χ0) is 19.2. The second-order valence-corrected chi connectivity index (χ2v) is 8.32. The van der Waals surface area contributed by atoms with Gasteiger partial charge in [-0.3, -0.25) is 4.79 Å². The number of aromatic nitrogens is 3. The highest BCUT2D eigenvalue weighted by molar-refractivity contribution is 8.00. The van der Waals surface area contributed by atoms with Crippen molar-refractivity contribution in [1.29, 1.82) is 0 Å². The van der Waals surface area contributed by atoms with Crippen molar-refractivity contribution >= 4 is 23.4 Å². The first-order valence-corrected chi connectivity index (χ1v) is 9.81. The fraction of sp³-hybridized carbons (Fsp3) is 0.500. The zero-order valence-corrected chi connectivity index (χ0v) is 15.5. The highest BCUT2D eigenvalue weighted by Crippen LogP contribution is 2.46. The molecule has 0 radical (unpaired) electrons. The standard InChI is InChI=1S/C18H19F3N4OS/c1-10(16(26)22-14-5-3-2-4-13(14)18(19,20)21)27-17-24-23-15(11-6-7-11)25(17)12-8-9-12/h2-5,10-12H,6-9H2,1H3,(H,22,26)/t10-/m1/s1. The van der Waals surface area contributed by atoms with E-state index in [1.54, 1.807) is 6.92 Å². The summed E-state index contributed by atoms with van der Waals surface area (Å²) in [5.74, 6) is 0.945. The van der Waals surface area contributed by atoms with E-state index in [0.717, 1.165) is 37.6 Å². The summed E-state index contributed by atoms with van der Waals surface area (Å²) in [6, 6.07) is 5.37. The van der Waals surface area contributed by atoms with E-state index in [9.17, 15) is 18.0 Å². The van der Waals surface area contributed by atoms with Crippen molar-refractivity contribution in [3.05, 3.63) is 35.7 Å².